The molecule has 35 heavy (non-hydrogen) atoms. The first-order chi connectivity index (χ1) is 16.7. The third kappa shape index (κ3) is 6.57. The zero-order chi connectivity index (χ0) is 25.0. The summed E-state index contributed by atoms with van der Waals surface area (Å²) in [5.41, 5.74) is 1.67. The Hall–Kier alpha value is -3.00. The van der Waals surface area contributed by atoms with Crippen molar-refractivity contribution in [1.29, 1.82) is 0 Å². The Labute approximate surface area is 206 Å². The Bertz CT molecular complexity index is 1270. The minimum Gasteiger partial charge on any atom is -0.337 e. The largest absolute Gasteiger partial charge is 0.337 e. The van der Waals surface area contributed by atoms with Crippen molar-refractivity contribution in [2.45, 2.75) is 57.1 Å². The topological polar surface area (TPSA) is 72.3 Å². The third-order valence-corrected chi connectivity index (χ3v) is 7.70. The zero-order valence-electron chi connectivity index (χ0n) is 20.2. The summed E-state index contributed by atoms with van der Waals surface area (Å²) in [6, 6.07) is 15.4. The highest BCUT2D eigenvalue weighted by molar-refractivity contribution is 7.90. The van der Waals surface area contributed by atoms with Crippen molar-refractivity contribution in [3.63, 3.8) is 0 Å². The molecule has 3 aromatic rings. The molecule has 0 atom stereocenters. The van der Waals surface area contributed by atoms with Crippen molar-refractivity contribution < 1.29 is 17.6 Å². The molecule has 0 saturated heterocycles. The van der Waals surface area contributed by atoms with E-state index in [1.807, 2.05) is 49.1 Å². The number of aromatic nitrogens is 2. The summed E-state index contributed by atoms with van der Waals surface area (Å²) in [5.74, 6) is -0.248. The molecule has 8 heteroatoms. The SMILES string of the molecule is CC(C)CC(=O)N(Cc1cnc(S(=O)(=O)Cc2ccccc2F)n1Cc1ccccc1)CC1CC1. The molecule has 0 spiro atoms. The van der Waals surface area contributed by atoms with Crippen LogP contribution in [0.1, 0.15) is 49.9 Å². The van der Waals surface area contributed by atoms with Crippen molar-refractivity contribution in [3.05, 3.63) is 83.4 Å². The summed E-state index contributed by atoms with van der Waals surface area (Å²) in [6.45, 7) is 5.27. The fourth-order valence-electron chi connectivity index (χ4n) is 4.13. The number of halogens is 1. The van der Waals surface area contributed by atoms with Gasteiger partial charge in [-0.3, -0.25) is 4.79 Å². The predicted molar refractivity (Wildman–Crippen MR) is 133 cm³/mol. The quantitative estimate of drug-likeness (QED) is 0.380. The van der Waals surface area contributed by atoms with E-state index in [0.29, 0.717) is 24.6 Å². The Balaban J connectivity index is 1.69. The molecule has 1 aliphatic carbocycles. The Morgan fingerprint density at radius 3 is 2.46 bits per heavy atom. The molecule has 1 aliphatic rings. The number of imidazole rings is 1. The molecular formula is C27H32FN3O3S. The molecule has 1 amide bonds. The average molecular weight is 498 g/mol. The van der Waals surface area contributed by atoms with E-state index in [9.17, 15) is 17.6 Å². The van der Waals surface area contributed by atoms with E-state index < -0.39 is 21.4 Å². The fraction of sp³-hybridized carbons (Fsp3) is 0.407. The van der Waals surface area contributed by atoms with Gasteiger partial charge in [0.1, 0.15) is 5.82 Å². The number of amides is 1. The summed E-state index contributed by atoms with van der Waals surface area (Å²) >= 11 is 0. The second kappa shape index (κ2) is 10.7. The maximum absolute atomic E-state index is 14.2. The second-order valence-electron chi connectivity index (χ2n) is 9.77. The van der Waals surface area contributed by atoms with Gasteiger partial charge in [-0.2, -0.15) is 0 Å². The van der Waals surface area contributed by atoms with Crippen molar-refractivity contribution in [2.75, 3.05) is 6.54 Å². The van der Waals surface area contributed by atoms with Crippen LogP contribution in [0.5, 0.6) is 0 Å². The number of sulfone groups is 1. The van der Waals surface area contributed by atoms with Crippen LogP contribution < -0.4 is 0 Å². The minimum atomic E-state index is -3.94. The summed E-state index contributed by atoms with van der Waals surface area (Å²) in [7, 11) is -3.94. The van der Waals surface area contributed by atoms with Crippen LogP contribution >= 0.6 is 0 Å². The van der Waals surface area contributed by atoms with Gasteiger partial charge in [0, 0.05) is 18.5 Å². The number of hydrogen-bond donors (Lipinski definition) is 0. The number of nitrogens with zero attached hydrogens (tertiary/aromatic N) is 3. The molecule has 0 radical (unpaired) electrons. The van der Waals surface area contributed by atoms with Gasteiger partial charge in [-0.1, -0.05) is 62.4 Å². The molecule has 0 aliphatic heterocycles. The standard InChI is InChI=1S/C27H32FN3O3S/c1-20(2)14-26(32)30(16-22-12-13-22)18-24-15-29-27(31(24)17-21-8-4-3-5-9-21)35(33,34)19-23-10-6-7-11-25(23)28/h3-11,15,20,22H,12-14,16-19H2,1-2H3. The summed E-state index contributed by atoms with van der Waals surface area (Å²) < 4.78 is 42.7. The molecular weight excluding hydrogens is 465 g/mol. The molecule has 1 aromatic heterocycles. The predicted octanol–water partition coefficient (Wildman–Crippen LogP) is 4.83. The molecule has 186 valence electrons. The highest BCUT2D eigenvalue weighted by Crippen LogP contribution is 2.31. The van der Waals surface area contributed by atoms with Crippen molar-refractivity contribution in [3.8, 4) is 0 Å². The van der Waals surface area contributed by atoms with E-state index in [0.717, 1.165) is 18.4 Å². The average Bonchev–Trinajstić information content (AvgIpc) is 3.54. The van der Waals surface area contributed by atoms with Crippen molar-refractivity contribution >= 4 is 15.7 Å². The summed E-state index contributed by atoms with van der Waals surface area (Å²) in [5, 5.41) is -0.109. The van der Waals surface area contributed by atoms with Gasteiger partial charge in [-0.05, 0) is 36.3 Å². The van der Waals surface area contributed by atoms with E-state index in [-0.39, 0.29) is 35.6 Å². The van der Waals surface area contributed by atoms with E-state index in [1.165, 1.54) is 18.2 Å². The highest BCUT2D eigenvalue weighted by atomic mass is 32.2. The smallest absolute Gasteiger partial charge is 0.228 e. The van der Waals surface area contributed by atoms with Crippen molar-refractivity contribution in [1.82, 2.24) is 14.5 Å². The first kappa shape index (κ1) is 25.1. The molecule has 2 aromatic carbocycles. The number of benzene rings is 2. The van der Waals surface area contributed by atoms with Crippen LogP contribution in [0.3, 0.4) is 0 Å². The summed E-state index contributed by atoms with van der Waals surface area (Å²) in [6.07, 6.45) is 4.20. The molecule has 1 fully saturated rings. The number of hydrogen-bond acceptors (Lipinski definition) is 4. The van der Waals surface area contributed by atoms with Gasteiger partial charge in [0.15, 0.2) is 0 Å². The Morgan fingerprint density at radius 1 is 1.11 bits per heavy atom. The Kier molecular flexibility index (Phi) is 7.69. The fourth-order valence-corrected chi connectivity index (χ4v) is 5.63. The lowest BCUT2D eigenvalue weighted by molar-refractivity contribution is -0.133. The van der Waals surface area contributed by atoms with Gasteiger partial charge in [0.05, 0.1) is 30.7 Å². The maximum Gasteiger partial charge on any atom is 0.228 e. The number of carbonyl (C=O) groups excluding carboxylic acids is 1. The van der Waals surface area contributed by atoms with E-state index in [2.05, 4.69) is 4.98 Å². The molecule has 6 nitrogen and oxygen atoms in total. The monoisotopic (exact) mass is 497 g/mol. The third-order valence-electron chi connectivity index (χ3n) is 6.13. The van der Waals surface area contributed by atoms with Gasteiger partial charge in [-0.15, -0.1) is 0 Å². The van der Waals surface area contributed by atoms with Gasteiger partial charge in [0.2, 0.25) is 20.9 Å². The van der Waals surface area contributed by atoms with Gasteiger partial charge < -0.3 is 9.47 Å². The first-order valence-electron chi connectivity index (χ1n) is 12.0. The molecule has 4 rings (SSSR count). The van der Waals surface area contributed by atoms with Crippen LogP contribution in [0.15, 0.2) is 66.0 Å². The second-order valence-corrected chi connectivity index (χ2v) is 11.7. The number of carbonyl (C=O) groups is 1. The van der Waals surface area contributed by atoms with Gasteiger partial charge in [0.25, 0.3) is 0 Å². The zero-order valence-corrected chi connectivity index (χ0v) is 21.0. The molecule has 0 N–H and O–H groups in total. The van der Waals surface area contributed by atoms with E-state index in [1.54, 1.807) is 16.8 Å². The lowest BCUT2D eigenvalue weighted by Crippen LogP contribution is -2.34. The van der Waals surface area contributed by atoms with E-state index in [4.69, 9.17) is 0 Å². The lowest BCUT2D eigenvalue weighted by atomic mass is 10.1. The van der Waals surface area contributed by atoms with Crippen LogP contribution in [0.25, 0.3) is 0 Å². The van der Waals surface area contributed by atoms with Crippen LogP contribution in [-0.2, 0) is 33.5 Å². The van der Waals surface area contributed by atoms with Crippen LogP contribution in [0.2, 0.25) is 0 Å². The van der Waals surface area contributed by atoms with Crippen LogP contribution in [0.4, 0.5) is 4.39 Å². The van der Waals surface area contributed by atoms with Crippen LogP contribution in [0, 0.1) is 17.7 Å². The normalized spacial score (nSPS) is 13.8. The maximum atomic E-state index is 14.2. The number of rotatable bonds is 11. The molecule has 0 unspecified atom stereocenters. The lowest BCUT2D eigenvalue weighted by Gasteiger charge is -2.24. The van der Waals surface area contributed by atoms with Gasteiger partial charge in [-0.25, -0.2) is 17.8 Å². The van der Waals surface area contributed by atoms with Gasteiger partial charge >= 0.3 is 0 Å². The van der Waals surface area contributed by atoms with E-state index >= 15 is 0 Å². The molecule has 0 bridgehead atoms. The molecule has 1 saturated carbocycles. The summed E-state index contributed by atoms with van der Waals surface area (Å²) in [4.78, 5) is 19.1. The highest BCUT2D eigenvalue weighted by Gasteiger charge is 2.30. The van der Waals surface area contributed by atoms with Crippen LogP contribution in [-0.4, -0.2) is 35.3 Å². The van der Waals surface area contributed by atoms with Crippen molar-refractivity contribution in [2.24, 2.45) is 11.8 Å². The minimum absolute atomic E-state index is 0.0649. The molecule has 1 heterocycles. The first-order valence-corrected chi connectivity index (χ1v) is 13.7. The Morgan fingerprint density at radius 2 is 1.80 bits per heavy atom.